The average Bonchev–Trinajstić information content (AvgIpc) is 2.77. The molecule has 0 amide bonds. The fourth-order valence-electron chi connectivity index (χ4n) is 3.77. The van der Waals surface area contributed by atoms with E-state index in [-0.39, 0.29) is 6.42 Å². The van der Waals surface area contributed by atoms with E-state index in [1.165, 1.54) is 24.8 Å². The predicted octanol–water partition coefficient (Wildman–Crippen LogP) is 3.42. The lowest BCUT2D eigenvalue weighted by Gasteiger charge is -2.37. The monoisotopic (exact) mass is 429 g/mol. The lowest BCUT2D eigenvalue weighted by atomic mass is 9.98. The number of ether oxygens (including phenoxy) is 1. The predicted molar refractivity (Wildman–Crippen MR) is 118 cm³/mol. The molecule has 2 N–H and O–H groups in total. The van der Waals surface area contributed by atoms with Crippen molar-refractivity contribution in [1.82, 2.24) is 10.2 Å². The van der Waals surface area contributed by atoms with E-state index in [0.717, 1.165) is 18.1 Å². The highest BCUT2D eigenvalue weighted by atomic mass is 19.1. The first-order valence-corrected chi connectivity index (χ1v) is 10.4. The summed E-state index contributed by atoms with van der Waals surface area (Å²) >= 11 is 0. The van der Waals surface area contributed by atoms with Crippen LogP contribution in [0, 0.1) is 11.6 Å². The van der Waals surface area contributed by atoms with Crippen molar-refractivity contribution >= 4 is 6.21 Å². The van der Waals surface area contributed by atoms with Crippen molar-refractivity contribution in [2.45, 2.75) is 38.5 Å². The molecule has 0 bridgehead atoms. The summed E-state index contributed by atoms with van der Waals surface area (Å²) in [5.41, 5.74) is 2.86. The second-order valence-electron chi connectivity index (χ2n) is 7.58. The molecule has 1 aliphatic heterocycles. The van der Waals surface area contributed by atoms with E-state index in [1.807, 2.05) is 17.0 Å². The number of nitrogens with one attached hydrogen (secondary N) is 1. The Morgan fingerprint density at radius 2 is 1.87 bits per heavy atom. The summed E-state index contributed by atoms with van der Waals surface area (Å²) in [6, 6.07) is 11.3. The molecule has 166 valence electrons. The number of aliphatic hydroxyl groups excluding tert-OH is 1. The standard InChI is InChI=1S/C24H29F2N3O2/c1-3-17-5-4-6-18(9-17)14-28-15-23(30)22(29-8-7-27-16-24(29)31-2)12-19-10-20(25)13-21(26)11-19/h4-7,9-11,13,16,22-23,28,30H,3,8,12,14-15H2,1-2H3/t22-,23+/m0/s1. The number of aliphatic imine (C=N–C) groups is 1. The van der Waals surface area contributed by atoms with Crippen molar-refractivity contribution in [2.75, 3.05) is 20.2 Å². The molecule has 1 heterocycles. The topological polar surface area (TPSA) is 57.1 Å². The van der Waals surface area contributed by atoms with E-state index in [9.17, 15) is 13.9 Å². The largest absolute Gasteiger partial charge is 0.481 e. The van der Waals surface area contributed by atoms with Gasteiger partial charge in [-0.2, -0.15) is 0 Å². The van der Waals surface area contributed by atoms with Crippen LogP contribution < -0.4 is 5.32 Å². The molecular formula is C24H29F2N3O2. The number of rotatable bonds is 10. The quantitative estimate of drug-likeness (QED) is 0.608. The maximum atomic E-state index is 13.7. The van der Waals surface area contributed by atoms with Crippen LogP contribution in [-0.4, -0.2) is 48.6 Å². The summed E-state index contributed by atoms with van der Waals surface area (Å²) in [4.78, 5) is 5.96. The Kier molecular flexibility index (Phi) is 8.14. The smallest absolute Gasteiger partial charge is 0.208 e. The van der Waals surface area contributed by atoms with Crippen molar-refractivity contribution in [3.05, 3.63) is 82.9 Å². The molecule has 0 aromatic heterocycles. The minimum atomic E-state index is -0.814. The summed E-state index contributed by atoms with van der Waals surface area (Å²) in [5.74, 6) is -0.779. The number of methoxy groups -OCH3 is 1. The van der Waals surface area contributed by atoms with Crippen LogP contribution in [0.1, 0.15) is 23.6 Å². The Hall–Kier alpha value is -2.77. The number of aliphatic hydroxyl groups is 1. The summed E-state index contributed by atoms with van der Waals surface area (Å²) < 4.78 is 32.9. The highest BCUT2D eigenvalue weighted by Gasteiger charge is 2.29. The van der Waals surface area contributed by atoms with E-state index in [1.54, 1.807) is 12.4 Å². The Balaban J connectivity index is 1.73. The Bertz CT molecular complexity index is 913. The first kappa shape index (κ1) is 22.9. The van der Waals surface area contributed by atoms with Crippen LogP contribution in [0.15, 0.2) is 59.5 Å². The van der Waals surface area contributed by atoms with E-state index < -0.39 is 23.8 Å². The van der Waals surface area contributed by atoms with Gasteiger partial charge >= 0.3 is 0 Å². The number of nitrogens with zero attached hydrogens (tertiary/aromatic N) is 2. The molecule has 0 saturated carbocycles. The number of aryl methyl sites for hydroxylation is 1. The van der Waals surface area contributed by atoms with Gasteiger partial charge in [-0.1, -0.05) is 31.2 Å². The maximum Gasteiger partial charge on any atom is 0.208 e. The van der Waals surface area contributed by atoms with Crippen molar-refractivity contribution in [1.29, 1.82) is 0 Å². The Morgan fingerprint density at radius 3 is 2.58 bits per heavy atom. The van der Waals surface area contributed by atoms with Gasteiger partial charge in [-0.15, -0.1) is 0 Å². The fourth-order valence-corrected chi connectivity index (χ4v) is 3.77. The van der Waals surface area contributed by atoms with E-state index in [2.05, 4.69) is 29.4 Å². The highest BCUT2D eigenvalue weighted by Crippen LogP contribution is 2.21. The summed E-state index contributed by atoms with van der Waals surface area (Å²) in [7, 11) is 1.53. The third-order valence-corrected chi connectivity index (χ3v) is 5.35. The van der Waals surface area contributed by atoms with Gasteiger partial charge in [-0.25, -0.2) is 8.78 Å². The summed E-state index contributed by atoms with van der Waals surface area (Å²) in [5, 5.41) is 14.3. The molecule has 0 fully saturated rings. The first-order valence-electron chi connectivity index (χ1n) is 10.4. The Morgan fingerprint density at radius 1 is 1.13 bits per heavy atom. The SMILES string of the molecule is CCc1cccc(CNC[C@@H](O)[C@H](Cc2cc(F)cc(F)c2)N2CC=NC=C2OC)c1. The second kappa shape index (κ2) is 11.0. The van der Waals surface area contributed by atoms with Crippen LogP contribution in [0.2, 0.25) is 0 Å². The summed E-state index contributed by atoms with van der Waals surface area (Å²) in [6.45, 7) is 3.46. The van der Waals surface area contributed by atoms with Gasteiger partial charge in [0.1, 0.15) is 11.6 Å². The van der Waals surface area contributed by atoms with Gasteiger partial charge in [0.2, 0.25) is 5.88 Å². The van der Waals surface area contributed by atoms with E-state index in [4.69, 9.17) is 4.74 Å². The van der Waals surface area contributed by atoms with Crippen molar-refractivity contribution in [3.63, 3.8) is 0 Å². The highest BCUT2D eigenvalue weighted by molar-refractivity contribution is 5.62. The van der Waals surface area contributed by atoms with Crippen LogP contribution in [-0.2, 0) is 24.1 Å². The number of hydrogen-bond acceptors (Lipinski definition) is 5. The van der Waals surface area contributed by atoms with Gasteiger partial charge in [-0.3, -0.25) is 4.99 Å². The van der Waals surface area contributed by atoms with Crippen LogP contribution in [0.25, 0.3) is 0 Å². The van der Waals surface area contributed by atoms with Crippen LogP contribution in [0.4, 0.5) is 8.78 Å². The normalized spacial score (nSPS) is 15.5. The van der Waals surface area contributed by atoms with Crippen molar-refractivity contribution < 1.29 is 18.6 Å². The zero-order chi connectivity index (χ0) is 22.2. The number of halogens is 2. The van der Waals surface area contributed by atoms with Crippen molar-refractivity contribution in [2.24, 2.45) is 4.99 Å². The van der Waals surface area contributed by atoms with Crippen LogP contribution >= 0.6 is 0 Å². The molecule has 2 atom stereocenters. The second-order valence-corrected chi connectivity index (χ2v) is 7.58. The van der Waals surface area contributed by atoms with Gasteiger partial charge in [0.15, 0.2) is 0 Å². The molecule has 1 aliphatic rings. The molecule has 31 heavy (non-hydrogen) atoms. The molecule has 5 nitrogen and oxygen atoms in total. The molecule has 0 aliphatic carbocycles. The molecule has 0 radical (unpaired) electrons. The minimum absolute atomic E-state index is 0.247. The molecule has 0 saturated heterocycles. The molecule has 2 aromatic rings. The molecule has 7 heteroatoms. The van der Waals surface area contributed by atoms with E-state index >= 15 is 0 Å². The molecular weight excluding hydrogens is 400 g/mol. The molecule has 2 aromatic carbocycles. The van der Waals surface area contributed by atoms with Gasteiger partial charge in [0, 0.05) is 25.4 Å². The van der Waals surface area contributed by atoms with Gasteiger partial charge in [-0.05, 0) is 41.7 Å². The zero-order valence-electron chi connectivity index (χ0n) is 17.9. The molecule has 0 unspecified atom stereocenters. The molecule has 3 rings (SSSR count). The van der Waals surface area contributed by atoms with Gasteiger partial charge in [0.25, 0.3) is 0 Å². The van der Waals surface area contributed by atoms with Crippen molar-refractivity contribution in [3.8, 4) is 0 Å². The summed E-state index contributed by atoms with van der Waals surface area (Å²) in [6.07, 6.45) is 3.67. The third kappa shape index (κ3) is 6.35. The third-order valence-electron chi connectivity index (χ3n) is 5.35. The lowest BCUT2D eigenvalue weighted by Crippen LogP contribution is -2.50. The number of benzene rings is 2. The lowest BCUT2D eigenvalue weighted by molar-refractivity contribution is 0.0377. The van der Waals surface area contributed by atoms with Gasteiger partial charge < -0.3 is 20.1 Å². The first-order chi connectivity index (χ1) is 15.0. The fraction of sp³-hybridized carbons (Fsp3) is 0.375. The maximum absolute atomic E-state index is 13.7. The average molecular weight is 430 g/mol. The van der Waals surface area contributed by atoms with Crippen LogP contribution in [0.5, 0.6) is 0 Å². The molecule has 0 spiro atoms. The van der Waals surface area contributed by atoms with E-state index in [0.29, 0.717) is 31.1 Å². The minimum Gasteiger partial charge on any atom is -0.481 e. The van der Waals surface area contributed by atoms with Gasteiger partial charge in [0.05, 0.1) is 32.0 Å². The zero-order valence-corrected chi connectivity index (χ0v) is 17.9. The number of hydrogen-bond donors (Lipinski definition) is 2. The Labute approximate surface area is 182 Å². The van der Waals surface area contributed by atoms with Crippen LogP contribution in [0.3, 0.4) is 0 Å².